The van der Waals surface area contributed by atoms with E-state index in [1.807, 2.05) is 12.1 Å². The third-order valence-electron chi connectivity index (χ3n) is 2.44. The van der Waals surface area contributed by atoms with Crippen LogP contribution in [0, 0.1) is 5.92 Å². The average molecular weight is 204 g/mol. The molecule has 1 aromatic heterocycles. The van der Waals surface area contributed by atoms with Crippen LogP contribution in [0.15, 0.2) is 22.7 Å². The summed E-state index contributed by atoms with van der Waals surface area (Å²) in [6, 6.07) is 6.03. The van der Waals surface area contributed by atoms with Crippen LogP contribution in [0.25, 0.3) is 10.9 Å². The van der Waals surface area contributed by atoms with Crippen molar-refractivity contribution in [1.29, 1.82) is 0 Å². The maximum atomic E-state index is 5.61. The molecule has 0 unspecified atom stereocenters. The maximum absolute atomic E-state index is 5.61. The van der Waals surface area contributed by atoms with Crippen LogP contribution in [0.4, 0.5) is 0 Å². The minimum atomic E-state index is 0.558. The van der Waals surface area contributed by atoms with Crippen LogP contribution in [-0.4, -0.2) is 5.16 Å². The van der Waals surface area contributed by atoms with E-state index in [1.54, 1.807) is 0 Å². The van der Waals surface area contributed by atoms with Crippen LogP contribution in [0.1, 0.15) is 25.2 Å². The maximum Gasteiger partial charge on any atom is 0.144 e. The average Bonchev–Trinajstić information content (AvgIpc) is 2.60. The Kier molecular flexibility index (Phi) is 2.73. The third kappa shape index (κ3) is 2.02. The number of hydrogen-bond acceptors (Lipinski definition) is 3. The van der Waals surface area contributed by atoms with Crippen LogP contribution in [-0.2, 0) is 13.0 Å². The second-order valence-electron chi connectivity index (χ2n) is 4.26. The zero-order chi connectivity index (χ0) is 10.8. The molecule has 0 radical (unpaired) electrons. The number of fused-ring (bicyclic) bond motifs is 1. The van der Waals surface area contributed by atoms with Gasteiger partial charge in [0.2, 0.25) is 0 Å². The Bertz CT molecular complexity index is 460. The van der Waals surface area contributed by atoms with Crippen LogP contribution in [0.3, 0.4) is 0 Å². The lowest BCUT2D eigenvalue weighted by Crippen LogP contribution is -1.96. The smallest absolute Gasteiger partial charge is 0.144 e. The second-order valence-corrected chi connectivity index (χ2v) is 4.26. The van der Waals surface area contributed by atoms with Gasteiger partial charge in [0.15, 0.2) is 0 Å². The monoisotopic (exact) mass is 204 g/mol. The van der Waals surface area contributed by atoms with Gasteiger partial charge in [0, 0.05) is 18.4 Å². The van der Waals surface area contributed by atoms with E-state index >= 15 is 0 Å². The van der Waals surface area contributed by atoms with E-state index in [0.717, 1.165) is 28.6 Å². The second kappa shape index (κ2) is 4.03. The van der Waals surface area contributed by atoms with Crippen molar-refractivity contribution in [2.75, 3.05) is 0 Å². The summed E-state index contributed by atoms with van der Waals surface area (Å²) < 4.78 is 5.33. The summed E-state index contributed by atoms with van der Waals surface area (Å²) >= 11 is 0. The molecule has 0 aliphatic carbocycles. The molecule has 0 fully saturated rings. The molecule has 2 N–H and O–H groups in total. The van der Waals surface area contributed by atoms with Crippen molar-refractivity contribution in [2.24, 2.45) is 11.7 Å². The number of nitrogens with two attached hydrogens (primary N) is 1. The molecule has 0 bridgehead atoms. The molecule has 0 spiro atoms. The molecule has 0 amide bonds. The normalized spacial score (nSPS) is 11.5. The summed E-state index contributed by atoms with van der Waals surface area (Å²) in [6.45, 7) is 4.89. The highest BCUT2D eigenvalue weighted by Gasteiger charge is 2.10. The van der Waals surface area contributed by atoms with Gasteiger partial charge in [0.25, 0.3) is 0 Å². The van der Waals surface area contributed by atoms with E-state index < -0.39 is 0 Å². The van der Waals surface area contributed by atoms with E-state index in [9.17, 15) is 0 Å². The van der Waals surface area contributed by atoms with E-state index in [0.29, 0.717) is 12.5 Å². The zero-order valence-corrected chi connectivity index (χ0v) is 9.16. The molecule has 0 saturated heterocycles. The predicted octanol–water partition coefficient (Wildman–Crippen LogP) is 2.49. The lowest BCUT2D eigenvalue weighted by Gasteiger charge is -2.00. The summed E-state index contributed by atoms with van der Waals surface area (Å²) in [5, 5.41) is 5.13. The largest absolute Gasteiger partial charge is 0.360 e. The number of benzene rings is 1. The summed E-state index contributed by atoms with van der Waals surface area (Å²) in [5.41, 5.74) is 7.65. The fourth-order valence-corrected chi connectivity index (χ4v) is 1.68. The Hall–Kier alpha value is -1.35. The van der Waals surface area contributed by atoms with Crippen molar-refractivity contribution in [3.8, 4) is 0 Å². The first-order valence-corrected chi connectivity index (χ1v) is 5.28. The number of nitrogens with zero attached hydrogens (tertiary/aromatic N) is 1. The quantitative estimate of drug-likeness (QED) is 0.835. The van der Waals surface area contributed by atoms with Crippen molar-refractivity contribution in [3.05, 3.63) is 29.5 Å². The van der Waals surface area contributed by atoms with Gasteiger partial charge in [-0.1, -0.05) is 25.1 Å². The Morgan fingerprint density at radius 3 is 2.87 bits per heavy atom. The summed E-state index contributed by atoms with van der Waals surface area (Å²) in [4.78, 5) is 0. The first-order chi connectivity index (χ1) is 7.20. The van der Waals surface area contributed by atoms with Gasteiger partial charge in [0.1, 0.15) is 11.3 Å². The molecule has 0 atom stereocenters. The fraction of sp³-hybridized carbons (Fsp3) is 0.417. The van der Waals surface area contributed by atoms with E-state index in [2.05, 4.69) is 25.1 Å². The molecule has 15 heavy (non-hydrogen) atoms. The molecular formula is C12H16N2O. The lowest BCUT2D eigenvalue weighted by atomic mass is 10.0. The molecule has 0 aliphatic heterocycles. The Labute approximate surface area is 89.2 Å². The predicted molar refractivity (Wildman–Crippen MR) is 60.4 cm³/mol. The number of hydrogen-bond donors (Lipinski definition) is 1. The highest BCUT2D eigenvalue weighted by molar-refractivity contribution is 5.81. The van der Waals surface area contributed by atoms with Gasteiger partial charge < -0.3 is 10.3 Å². The van der Waals surface area contributed by atoms with E-state index in [1.165, 1.54) is 0 Å². The number of rotatable bonds is 3. The first kappa shape index (κ1) is 10.2. The van der Waals surface area contributed by atoms with E-state index in [4.69, 9.17) is 10.3 Å². The van der Waals surface area contributed by atoms with Crippen molar-refractivity contribution in [1.82, 2.24) is 5.16 Å². The van der Waals surface area contributed by atoms with Crippen LogP contribution in [0.2, 0.25) is 0 Å². The van der Waals surface area contributed by atoms with Gasteiger partial charge in [0.05, 0.1) is 0 Å². The van der Waals surface area contributed by atoms with Gasteiger partial charge in [-0.05, 0) is 23.6 Å². The molecule has 0 aliphatic rings. The molecule has 1 aromatic carbocycles. The topological polar surface area (TPSA) is 52.0 Å². The summed E-state index contributed by atoms with van der Waals surface area (Å²) in [5.74, 6) is 1.54. The van der Waals surface area contributed by atoms with Crippen molar-refractivity contribution in [2.45, 2.75) is 26.8 Å². The molecule has 80 valence electrons. The Morgan fingerprint density at radius 2 is 2.20 bits per heavy atom. The summed E-state index contributed by atoms with van der Waals surface area (Å²) in [7, 11) is 0. The van der Waals surface area contributed by atoms with Crippen molar-refractivity contribution >= 4 is 10.9 Å². The highest BCUT2D eigenvalue weighted by atomic mass is 16.5. The summed E-state index contributed by atoms with van der Waals surface area (Å²) in [6.07, 6.45) is 0.921. The molecule has 1 heterocycles. The third-order valence-corrected chi connectivity index (χ3v) is 2.44. The van der Waals surface area contributed by atoms with Gasteiger partial charge in [-0.25, -0.2) is 0 Å². The Morgan fingerprint density at radius 1 is 1.40 bits per heavy atom. The van der Waals surface area contributed by atoms with E-state index in [-0.39, 0.29) is 0 Å². The van der Waals surface area contributed by atoms with Crippen LogP contribution < -0.4 is 5.73 Å². The minimum Gasteiger partial charge on any atom is -0.360 e. The van der Waals surface area contributed by atoms with Crippen LogP contribution in [0.5, 0.6) is 0 Å². The standard InChI is InChI=1S/C12H16N2O/c1-8(2)5-12-10-6-9(7-13)3-4-11(10)14-15-12/h3-4,6,8H,5,7,13H2,1-2H3. The molecule has 3 nitrogen and oxygen atoms in total. The van der Waals surface area contributed by atoms with Crippen molar-refractivity contribution < 1.29 is 4.52 Å². The number of aromatic nitrogens is 1. The molecule has 0 saturated carbocycles. The lowest BCUT2D eigenvalue weighted by molar-refractivity contribution is 0.376. The van der Waals surface area contributed by atoms with Gasteiger partial charge in [-0.15, -0.1) is 0 Å². The molecule has 2 aromatic rings. The highest BCUT2D eigenvalue weighted by Crippen LogP contribution is 2.22. The van der Waals surface area contributed by atoms with Gasteiger partial charge >= 0.3 is 0 Å². The molecule has 3 heteroatoms. The fourth-order valence-electron chi connectivity index (χ4n) is 1.68. The van der Waals surface area contributed by atoms with Crippen LogP contribution >= 0.6 is 0 Å². The molecule has 2 rings (SSSR count). The van der Waals surface area contributed by atoms with Gasteiger partial charge in [-0.3, -0.25) is 0 Å². The first-order valence-electron chi connectivity index (χ1n) is 5.28. The minimum absolute atomic E-state index is 0.558. The zero-order valence-electron chi connectivity index (χ0n) is 9.16. The van der Waals surface area contributed by atoms with Gasteiger partial charge in [-0.2, -0.15) is 0 Å². The Balaban J connectivity index is 2.46. The molecular weight excluding hydrogens is 188 g/mol. The SMILES string of the molecule is CC(C)Cc1onc2ccc(CN)cc12. The van der Waals surface area contributed by atoms with Crippen molar-refractivity contribution in [3.63, 3.8) is 0 Å².